The van der Waals surface area contributed by atoms with Crippen molar-refractivity contribution in [1.29, 1.82) is 0 Å². The van der Waals surface area contributed by atoms with Gasteiger partial charge in [0.25, 0.3) is 0 Å². The molecule has 0 unspecified atom stereocenters. The molecular formula is C42H26N4. The second-order valence-corrected chi connectivity index (χ2v) is 12.3. The average Bonchev–Trinajstić information content (AvgIpc) is 3.09. The summed E-state index contributed by atoms with van der Waals surface area (Å²) in [4.78, 5) is 20.5. The molecule has 4 heteroatoms. The Morgan fingerprint density at radius 3 is 1.28 bits per heavy atom. The first-order valence-corrected chi connectivity index (χ1v) is 15.6. The van der Waals surface area contributed by atoms with Crippen LogP contribution in [0.4, 0.5) is 0 Å². The van der Waals surface area contributed by atoms with Crippen LogP contribution in [0, 0.1) is 13.8 Å². The molecule has 10 aromatic rings. The van der Waals surface area contributed by atoms with Gasteiger partial charge in [-0.3, -0.25) is 9.97 Å². The first-order valence-electron chi connectivity index (χ1n) is 15.6. The smallest absolute Gasteiger partial charge is 0.0797 e. The number of hydrogen-bond donors (Lipinski definition) is 0. The maximum atomic E-state index is 5.27. The average molecular weight is 587 g/mol. The van der Waals surface area contributed by atoms with Crippen molar-refractivity contribution < 1.29 is 0 Å². The number of aromatic nitrogens is 4. The molecule has 10 rings (SSSR count). The monoisotopic (exact) mass is 586 g/mol. The van der Waals surface area contributed by atoms with Crippen LogP contribution in [0.1, 0.15) is 11.4 Å². The largest absolute Gasteiger partial charge is 0.252 e. The van der Waals surface area contributed by atoms with Gasteiger partial charge in [-0.05, 0) is 61.4 Å². The molecule has 4 aromatic heterocycles. The van der Waals surface area contributed by atoms with Gasteiger partial charge in [0, 0.05) is 65.6 Å². The zero-order chi connectivity index (χ0) is 30.5. The van der Waals surface area contributed by atoms with Crippen LogP contribution < -0.4 is 0 Å². The van der Waals surface area contributed by atoms with E-state index in [0.717, 1.165) is 99.1 Å². The van der Waals surface area contributed by atoms with Crippen LogP contribution in [-0.4, -0.2) is 19.9 Å². The van der Waals surface area contributed by atoms with Crippen LogP contribution in [0.15, 0.2) is 121 Å². The van der Waals surface area contributed by atoms with E-state index in [0.29, 0.717) is 0 Å². The minimum Gasteiger partial charge on any atom is -0.252 e. The fourth-order valence-corrected chi connectivity index (χ4v) is 7.32. The third-order valence-electron chi connectivity index (χ3n) is 9.60. The van der Waals surface area contributed by atoms with Gasteiger partial charge >= 0.3 is 0 Å². The van der Waals surface area contributed by atoms with Gasteiger partial charge in [0.05, 0.1) is 33.1 Å². The quantitative estimate of drug-likeness (QED) is 0.149. The lowest BCUT2D eigenvalue weighted by molar-refractivity contribution is 1.26. The van der Waals surface area contributed by atoms with Crippen LogP contribution in [0.25, 0.3) is 98.4 Å². The summed E-state index contributed by atoms with van der Waals surface area (Å²) in [6.45, 7) is 4.22. The van der Waals surface area contributed by atoms with Gasteiger partial charge < -0.3 is 0 Å². The van der Waals surface area contributed by atoms with E-state index in [4.69, 9.17) is 19.9 Å². The maximum absolute atomic E-state index is 5.27. The van der Waals surface area contributed by atoms with Gasteiger partial charge in [-0.1, -0.05) is 84.9 Å². The van der Waals surface area contributed by atoms with Crippen molar-refractivity contribution in [3.05, 3.63) is 133 Å². The van der Waals surface area contributed by atoms with Gasteiger partial charge in [0.15, 0.2) is 0 Å². The summed E-state index contributed by atoms with van der Waals surface area (Å²) in [6.07, 6.45) is 0. The number of fused-ring (bicyclic) bond motifs is 4. The molecule has 0 saturated carbocycles. The predicted molar refractivity (Wildman–Crippen MR) is 192 cm³/mol. The highest BCUT2D eigenvalue weighted by Crippen LogP contribution is 2.43. The standard InChI is InChI=1S/C42H26N4/c1-23-31-15-17-34(26-12-14-30-20-28-8-4-6-10-36(28)46-38(30)22-26)42-39(31)40-32(24(2)44-42)16-18-33(41(40)43-23)25-11-13-29-19-27-7-3-5-9-35(27)45-37(29)21-25/h3-22H,1-2H3. The highest BCUT2D eigenvalue weighted by molar-refractivity contribution is 6.26. The zero-order valence-electron chi connectivity index (χ0n) is 25.3. The number of nitrogens with zero attached hydrogens (tertiary/aromatic N) is 4. The second-order valence-electron chi connectivity index (χ2n) is 12.3. The van der Waals surface area contributed by atoms with Crippen LogP contribution in [0.3, 0.4) is 0 Å². The molecule has 0 bridgehead atoms. The lowest BCUT2D eigenvalue weighted by Gasteiger charge is -2.18. The van der Waals surface area contributed by atoms with Gasteiger partial charge in [0.2, 0.25) is 0 Å². The Morgan fingerprint density at radius 2 is 0.804 bits per heavy atom. The molecule has 4 heterocycles. The maximum Gasteiger partial charge on any atom is 0.0797 e. The fourth-order valence-electron chi connectivity index (χ4n) is 7.32. The van der Waals surface area contributed by atoms with Crippen LogP contribution in [0.5, 0.6) is 0 Å². The van der Waals surface area contributed by atoms with Crippen molar-refractivity contribution in [1.82, 2.24) is 19.9 Å². The van der Waals surface area contributed by atoms with E-state index in [1.807, 2.05) is 12.1 Å². The van der Waals surface area contributed by atoms with Crippen molar-refractivity contribution in [3.8, 4) is 22.3 Å². The van der Waals surface area contributed by atoms with Gasteiger partial charge in [-0.15, -0.1) is 0 Å². The van der Waals surface area contributed by atoms with E-state index in [-0.39, 0.29) is 0 Å². The molecular weight excluding hydrogens is 560 g/mol. The molecule has 0 fully saturated rings. The minimum absolute atomic E-state index is 0.983. The lowest BCUT2D eigenvalue weighted by Crippen LogP contribution is -1.98. The summed E-state index contributed by atoms with van der Waals surface area (Å²) in [5.41, 5.74) is 12.4. The molecule has 0 aliphatic rings. The normalized spacial score (nSPS) is 12.1. The molecule has 0 N–H and O–H groups in total. The fraction of sp³-hybridized carbons (Fsp3) is 0.0476. The van der Waals surface area contributed by atoms with E-state index in [1.165, 1.54) is 10.8 Å². The summed E-state index contributed by atoms with van der Waals surface area (Å²) < 4.78 is 0. The molecule has 0 aliphatic carbocycles. The third kappa shape index (κ3) is 3.61. The second kappa shape index (κ2) is 9.26. The van der Waals surface area contributed by atoms with Crippen molar-refractivity contribution in [2.45, 2.75) is 13.8 Å². The highest BCUT2D eigenvalue weighted by Gasteiger charge is 2.20. The molecule has 0 radical (unpaired) electrons. The summed E-state index contributed by atoms with van der Waals surface area (Å²) in [5, 5.41) is 9.17. The van der Waals surface area contributed by atoms with Crippen molar-refractivity contribution in [3.63, 3.8) is 0 Å². The Morgan fingerprint density at radius 1 is 0.370 bits per heavy atom. The van der Waals surface area contributed by atoms with Crippen molar-refractivity contribution in [2.24, 2.45) is 0 Å². The Balaban J connectivity index is 1.23. The number of rotatable bonds is 2. The first kappa shape index (κ1) is 25.3. The molecule has 4 nitrogen and oxygen atoms in total. The molecule has 0 spiro atoms. The number of hydrogen-bond acceptors (Lipinski definition) is 4. The van der Waals surface area contributed by atoms with E-state index in [1.54, 1.807) is 0 Å². The van der Waals surface area contributed by atoms with Crippen molar-refractivity contribution in [2.75, 3.05) is 0 Å². The van der Waals surface area contributed by atoms with Gasteiger partial charge in [-0.2, -0.15) is 0 Å². The Kier molecular flexibility index (Phi) is 5.10. The Bertz CT molecular complexity index is 2690. The zero-order valence-corrected chi connectivity index (χ0v) is 25.3. The number of benzene rings is 6. The number of para-hydroxylation sites is 2. The van der Waals surface area contributed by atoms with Crippen LogP contribution >= 0.6 is 0 Å². The molecule has 0 amide bonds. The topological polar surface area (TPSA) is 51.6 Å². The summed E-state index contributed by atoms with van der Waals surface area (Å²) in [5.74, 6) is 0. The first-order chi connectivity index (χ1) is 22.6. The summed E-state index contributed by atoms with van der Waals surface area (Å²) in [6, 6.07) is 43.0. The van der Waals surface area contributed by atoms with Gasteiger partial charge in [-0.25, -0.2) is 9.97 Å². The van der Waals surface area contributed by atoms with E-state index in [9.17, 15) is 0 Å². The minimum atomic E-state index is 0.983. The van der Waals surface area contributed by atoms with Gasteiger partial charge in [0.1, 0.15) is 0 Å². The predicted octanol–water partition coefficient (Wildman–Crippen LogP) is 10.7. The number of pyridine rings is 4. The lowest BCUT2D eigenvalue weighted by atomic mass is 9.90. The van der Waals surface area contributed by atoms with E-state index >= 15 is 0 Å². The third-order valence-corrected chi connectivity index (χ3v) is 9.60. The SMILES string of the molecule is Cc1nc2c(-c3ccc4cc5ccccc5nc4c3)ccc3c(C)nc4c(-c5ccc6cc7ccccc7nc6c5)ccc1c4c32. The summed E-state index contributed by atoms with van der Waals surface area (Å²) in [7, 11) is 0. The van der Waals surface area contributed by atoms with Crippen LogP contribution in [-0.2, 0) is 0 Å². The molecule has 0 saturated heterocycles. The Hall–Kier alpha value is -6.00. The summed E-state index contributed by atoms with van der Waals surface area (Å²) >= 11 is 0. The molecule has 6 aromatic carbocycles. The highest BCUT2D eigenvalue weighted by atomic mass is 14.7. The van der Waals surface area contributed by atoms with Crippen LogP contribution in [0.2, 0.25) is 0 Å². The molecule has 0 atom stereocenters. The molecule has 214 valence electrons. The molecule has 46 heavy (non-hydrogen) atoms. The number of aryl methyl sites for hydroxylation is 2. The Labute approximate surface area is 264 Å². The van der Waals surface area contributed by atoms with Crippen molar-refractivity contribution >= 4 is 76.2 Å². The van der Waals surface area contributed by atoms with E-state index in [2.05, 4.69) is 123 Å². The van der Waals surface area contributed by atoms with E-state index < -0.39 is 0 Å². The molecule has 0 aliphatic heterocycles.